The Morgan fingerprint density at radius 1 is 1.35 bits per heavy atom. The van der Waals surface area contributed by atoms with E-state index in [1.807, 2.05) is 0 Å². The van der Waals surface area contributed by atoms with Crippen molar-refractivity contribution in [1.29, 1.82) is 0 Å². The molecule has 5 heteroatoms. The molecule has 17 heavy (non-hydrogen) atoms. The Bertz CT molecular complexity index is 563. The second-order valence-corrected chi connectivity index (χ2v) is 4.46. The van der Waals surface area contributed by atoms with Crippen molar-refractivity contribution in [3.8, 4) is 22.2 Å². The van der Waals surface area contributed by atoms with Gasteiger partial charge in [-0.2, -0.15) is 0 Å². The Balaban J connectivity index is 2.49. The monoisotopic (exact) mass is 249 g/mol. The number of carbonyl (C=O) groups excluding carboxylic acids is 1. The fraction of sp³-hybridized carbons (Fsp3) is 0.167. The standard InChI is InChI=1S/C12H11NO3S/c1-2-8(14)10-11(16)13-12(17-10)7-5-3-4-6-9(7)15/h3-6,15-16H,2H2,1H3. The number of thiazole rings is 1. The van der Waals surface area contributed by atoms with Gasteiger partial charge in [0.05, 0.1) is 5.56 Å². The zero-order valence-corrected chi connectivity index (χ0v) is 9.99. The molecule has 0 unspecified atom stereocenters. The SMILES string of the molecule is CCC(=O)c1sc(-c2ccccc2O)nc1O. The minimum atomic E-state index is -0.264. The maximum Gasteiger partial charge on any atom is 0.233 e. The molecule has 0 spiro atoms. The van der Waals surface area contributed by atoms with Gasteiger partial charge in [0.25, 0.3) is 0 Å². The molecule has 4 nitrogen and oxygen atoms in total. The zero-order valence-electron chi connectivity index (χ0n) is 9.17. The van der Waals surface area contributed by atoms with Crippen LogP contribution in [0.4, 0.5) is 0 Å². The normalized spacial score (nSPS) is 10.4. The molecule has 0 amide bonds. The summed E-state index contributed by atoms with van der Waals surface area (Å²) in [5, 5.41) is 19.7. The lowest BCUT2D eigenvalue weighted by Crippen LogP contribution is -1.92. The molecule has 1 aromatic heterocycles. The Kier molecular flexibility index (Phi) is 3.10. The van der Waals surface area contributed by atoms with E-state index in [0.717, 1.165) is 11.3 Å². The highest BCUT2D eigenvalue weighted by atomic mass is 32.1. The molecule has 0 saturated heterocycles. The Labute approximate surface area is 102 Å². The van der Waals surface area contributed by atoms with Crippen molar-refractivity contribution in [1.82, 2.24) is 4.98 Å². The molecule has 0 aliphatic carbocycles. The van der Waals surface area contributed by atoms with Crippen LogP contribution in [0.1, 0.15) is 23.0 Å². The first kappa shape index (κ1) is 11.6. The van der Waals surface area contributed by atoms with Crippen LogP contribution in [0.2, 0.25) is 0 Å². The van der Waals surface area contributed by atoms with E-state index in [1.165, 1.54) is 6.07 Å². The molecule has 0 aliphatic heterocycles. The van der Waals surface area contributed by atoms with Gasteiger partial charge < -0.3 is 10.2 Å². The van der Waals surface area contributed by atoms with E-state index < -0.39 is 0 Å². The van der Waals surface area contributed by atoms with E-state index in [2.05, 4.69) is 4.98 Å². The number of aromatic nitrogens is 1. The van der Waals surface area contributed by atoms with E-state index >= 15 is 0 Å². The van der Waals surface area contributed by atoms with Crippen LogP contribution >= 0.6 is 11.3 Å². The number of carbonyl (C=O) groups is 1. The molecule has 2 rings (SSSR count). The molecule has 1 heterocycles. The minimum Gasteiger partial charge on any atom is -0.507 e. The van der Waals surface area contributed by atoms with Crippen LogP contribution in [-0.4, -0.2) is 21.0 Å². The van der Waals surface area contributed by atoms with Crippen molar-refractivity contribution < 1.29 is 15.0 Å². The zero-order chi connectivity index (χ0) is 12.4. The van der Waals surface area contributed by atoms with Crippen molar-refractivity contribution in [2.24, 2.45) is 0 Å². The van der Waals surface area contributed by atoms with Crippen molar-refractivity contribution in [3.05, 3.63) is 29.1 Å². The fourth-order valence-electron chi connectivity index (χ4n) is 1.42. The largest absolute Gasteiger partial charge is 0.507 e. The van der Waals surface area contributed by atoms with E-state index in [-0.39, 0.29) is 22.3 Å². The van der Waals surface area contributed by atoms with Crippen LogP contribution in [-0.2, 0) is 0 Å². The number of hydrogen-bond donors (Lipinski definition) is 2. The van der Waals surface area contributed by atoms with E-state index in [0.29, 0.717) is 17.0 Å². The van der Waals surface area contributed by atoms with Crippen LogP contribution in [0.25, 0.3) is 10.6 Å². The first-order valence-electron chi connectivity index (χ1n) is 5.14. The number of rotatable bonds is 3. The quantitative estimate of drug-likeness (QED) is 0.820. The lowest BCUT2D eigenvalue weighted by atomic mass is 10.2. The second-order valence-electron chi connectivity index (χ2n) is 3.47. The lowest BCUT2D eigenvalue weighted by Gasteiger charge is -1.98. The molecule has 0 atom stereocenters. The van der Waals surface area contributed by atoms with Crippen LogP contribution in [0.3, 0.4) is 0 Å². The molecular weight excluding hydrogens is 238 g/mol. The van der Waals surface area contributed by atoms with Gasteiger partial charge in [-0.15, -0.1) is 11.3 Å². The smallest absolute Gasteiger partial charge is 0.233 e. The van der Waals surface area contributed by atoms with Crippen LogP contribution in [0, 0.1) is 0 Å². The summed E-state index contributed by atoms with van der Waals surface area (Å²) in [7, 11) is 0. The maximum atomic E-state index is 11.5. The molecular formula is C12H11NO3S. The third kappa shape index (κ3) is 2.14. The molecule has 0 fully saturated rings. The molecule has 1 aromatic carbocycles. The van der Waals surface area contributed by atoms with Gasteiger partial charge in [-0.25, -0.2) is 4.98 Å². The van der Waals surface area contributed by atoms with Gasteiger partial charge in [0, 0.05) is 6.42 Å². The minimum absolute atomic E-state index is 0.0803. The summed E-state index contributed by atoms with van der Waals surface area (Å²) in [6, 6.07) is 6.68. The first-order valence-corrected chi connectivity index (χ1v) is 5.96. The summed E-state index contributed by atoms with van der Waals surface area (Å²) < 4.78 is 0. The molecule has 2 N–H and O–H groups in total. The highest BCUT2D eigenvalue weighted by molar-refractivity contribution is 7.17. The molecule has 0 aliphatic rings. The fourth-order valence-corrected chi connectivity index (χ4v) is 2.43. The predicted molar refractivity (Wildman–Crippen MR) is 65.5 cm³/mol. The van der Waals surface area contributed by atoms with Gasteiger partial charge in [0.15, 0.2) is 5.78 Å². The van der Waals surface area contributed by atoms with Gasteiger partial charge in [0.2, 0.25) is 5.88 Å². The van der Waals surface area contributed by atoms with Crippen molar-refractivity contribution >= 4 is 17.1 Å². The third-order valence-corrected chi connectivity index (χ3v) is 3.44. The summed E-state index contributed by atoms with van der Waals surface area (Å²) in [6.07, 6.45) is 0.315. The number of aromatic hydroxyl groups is 2. The van der Waals surface area contributed by atoms with Gasteiger partial charge in [-0.3, -0.25) is 4.79 Å². The highest BCUT2D eigenvalue weighted by Gasteiger charge is 2.18. The van der Waals surface area contributed by atoms with Crippen molar-refractivity contribution in [3.63, 3.8) is 0 Å². The first-order chi connectivity index (χ1) is 8.13. The van der Waals surface area contributed by atoms with Gasteiger partial charge >= 0.3 is 0 Å². The Morgan fingerprint density at radius 2 is 2.06 bits per heavy atom. The number of hydrogen-bond acceptors (Lipinski definition) is 5. The molecule has 88 valence electrons. The number of para-hydroxylation sites is 1. The predicted octanol–water partition coefficient (Wildman–Crippen LogP) is 2.81. The average Bonchev–Trinajstić information content (AvgIpc) is 2.71. The van der Waals surface area contributed by atoms with Crippen molar-refractivity contribution in [2.75, 3.05) is 0 Å². The van der Waals surface area contributed by atoms with Gasteiger partial charge in [-0.1, -0.05) is 19.1 Å². The highest BCUT2D eigenvalue weighted by Crippen LogP contribution is 2.36. The summed E-state index contributed by atoms with van der Waals surface area (Å²) >= 11 is 1.09. The summed E-state index contributed by atoms with van der Waals surface area (Å²) in [5.41, 5.74) is 0.517. The van der Waals surface area contributed by atoms with Crippen LogP contribution < -0.4 is 0 Å². The lowest BCUT2D eigenvalue weighted by molar-refractivity contribution is 0.0989. The summed E-state index contributed by atoms with van der Waals surface area (Å²) in [6.45, 7) is 1.72. The number of nitrogens with zero attached hydrogens (tertiary/aromatic N) is 1. The number of ketones is 1. The second kappa shape index (κ2) is 4.55. The van der Waals surface area contributed by atoms with Crippen LogP contribution in [0.5, 0.6) is 11.6 Å². The maximum absolute atomic E-state index is 11.5. The Hall–Kier alpha value is -1.88. The molecule has 0 radical (unpaired) electrons. The molecule has 0 saturated carbocycles. The van der Waals surface area contributed by atoms with E-state index in [9.17, 15) is 15.0 Å². The molecule has 0 bridgehead atoms. The molecule has 2 aromatic rings. The summed E-state index contributed by atoms with van der Waals surface area (Å²) in [5.74, 6) is -0.335. The number of Topliss-reactive ketones (excluding diaryl/α,β-unsaturated/α-hetero) is 1. The number of phenols is 1. The van der Waals surface area contributed by atoms with Crippen LogP contribution in [0.15, 0.2) is 24.3 Å². The topological polar surface area (TPSA) is 70.4 Å². The van der Waals surface area contributed by atoms with Gasteiger partial charge in [-0.05, 0) is 12.1 Å². The number of benzene rings is 1. The number of phenolic OH excluding ortho intramolecular Hbond substituents is 1. The Morgan fingerprint density at radius 3 is 2.71 bits per heavy atom. The van der Waals surface area contributed by atoms with Gasteiger partial charge in [0.1, 0.15) is 15.6 Å². The summed E-state index contributed by atoms with van der Waals surface area (Å²) in [4.78, 5) is 15.7. The van der Waals surface area contributed by atoms with E-state index in [4.69, 9.17) is 0 Å². The van der Waals surface area contributed by atoms with Crippen molar-refractivity contribution in [2.45, 2.75) is 13.3 Å². The average molecular weight is 249 g/mol. The van der Waals surface area contributed by atoms with E-state index in [1.54, 1.807) is 25.1 Å². The third-order valence-electron chi connectivity index (χ3n) is 2.32.